The molecular formula is C15H25NO3. The van der Waals surface area contributed by atoms with Gasteiger partial charge in [-0.15, -0.1) is 0 Å². The van der Waals surface area contributed by atoms with Crippen molar-refractivity contribution in [3.63, 3.8) is 0 Å². The number of hydrogen-bond donors (Lipinski definition) is 1. The minimum atomic E-state index is 0.307. The van der Waals surface area contributed by atoms with Crippen molar-refractivity contribution in [3.8, 4) is 5.75 Å². The number of nitrogens with one attached hydrogen (secondary N) is 1. The van der Waals surface area contributed by atoms with E-state index in [9.17, 15) is 0 Å². The molecular weight excluding hydrogens is 242 g/mol. The molecule has 1 unspecified atom stereocenters. The zero-order valence-electron chi connectivity index (χ0n) is 12.1. The fourth-order valence-corrected chi connectivity index (χ4v) is 1.73. The van der Waals surface area contributed by atoms with E-state index in [0.29, 0.717) is 32.5 Å². The lowest BCUT2D eigenvalue weighted by Crippen LogP contribution is -2.23. The fourth-order valence-electron chi connectivity index (χ4n) is 1.73. The predicted octanol–water partition coefficient (Wildman–Crippen LogP) is 2.40. The van der Waals surface area contributed by atoms with Gasteiger partial charge in [-0.25, -0.2) is 0 Å². The van der Waals surface area contributed by atoms with Crippen LogP contribution in [0.15, 0.2) is 24.3 Å². The Morgan fingerprint density at radius 1 is 1.11 bits per heavy atom. The van der Waals surface area contributed by atoms with E-state index in [4.69, 9.17) is 14.2 Å². The fraction of sp³-hybridized carbons (Fsp3) is 0.600. The molecule has 0 saturated carbocycles. The minimum Gasteiger partial charge on any atom is -0.494 e. The second kappa shape index (κ2) is 9.78. The van der Waals surface area contributed by atoms with Crippen LogP contribution in [0.2, 0.25) is 0 Å². The summed E-state index contributed by atoms with van der Waals surface area (Å²) in [6.07, 6.45) is 0. The van der Waals surface area contributed by atoms with Gasteiger partial charge in [0.2, 0.25) is 0 Å². The van der Waals surface area contributed by atoms with Gasteiger partial charge >= 0.3 is 0 Å². The van der Waals surface area contributed by atoms with Crippen LogP contribution < -0.4 is 10.1 Å². The van der Waals surface area contributed by atoms with E-state index in [0.717, 1.165) is 12.3 Å². The van der Waals surface area contributed by atoms with E-state index in [-0.39, 0.29) is 0 Å². The molecule has 1 N–H and O–H groups in total. The Morgan fingerprint density at radius 2 is 1.84 bits per heavy atom. The summed E-state index contributed by atoms with van der Waals surface area (Å²) < 4.78 is 15.7. The van der Waals surface area contributed by atoms with Gasteiger partial charge in [0.15, 0.2) is 0 Å². The molecule has 19 heavy (non-hydrogen) atoms. The standard InChI is InChI=1S/C15H25NO3/c1-4-19-15-7-5-14(6-8-15)13(2)16-9-10-18-12-11-17-3/h5-8,13,16H,4,9-12H2,1-3H3. The minimum absolute atomic E-state index is 0.307. The van der Waals surface area contributed by atoms with E-state index < -0.39 is 0 Å². The average molecular weight is 267 g/mol. The van der Waals surface area contributed by atoms with E-state index in [1.807, 2.05) is 19.1 Å². The van der Waals surface area contributed by atoms with Gasteiger partial charge in [-0.2, -0.15) is 0 Å². The van der Waals surface area contributed by atoms with Crippen molar-refractivity contribution in [2.45, 2.75) is 19.9 Å². The molecule has 0 aliphatic rings. The van der Waals surface area contributed by atoms with Crippen LogP contribution >= 0.6 is 0 Å². The lowest BCUT2D eigenvalue weighted by Gasteiger charge is -2.15. The van der Waals surface area contributed by atoms with Gasteiger partial charge in [-0.1, -0.05) is 12.1 Å². The molecule has 0 aliphatic carbocycles. The number of ether oxygens (including phenoxy) is 3. The van der Waals surface area contributed by atoms with Crippen molar-refractivity contribution in [2.75, 3.05) is 40.1 Å². The van der Waals surface area contributed by atoms with Crippen molar-refractivity contribution < 1.29 is 14.2 Å². The third-order valence-corrected chi connectivity index (χ3v) is 2.82. The highest BCUT2D eigenvalue weighted by Crippen LogP contribution is 2.17. The van der Waals surface area contributed by atoms with E-state index in [1.54, 1.807) is 7.11 Å². The maximum absolute atomic E-state index is 5.42. The van der Waals surface area contributed by atoms with Crippen molar-refractivity contribution in [1.29, 1.82) is 0 Å². The highest BCUT2D eigenvalue weighted by Gasteiger charge is 2.04. The maximum atomic E-state index is 5.42. The molecule has 0 radical (unpaired) electrons. The summed E-state index contributed by atoms with van der Waals surface area (Å²) in [6.45, 7) is 7.66. The lowest BCUT2D eigenvalue weighted by atomic mass is 10.1. The Balaban J connectivity index is 2.23. The van der Waals surface area contributed by atoms with Crippen molar-refractivity contribution in [3.05, 3.63) is 29.8 Å². The second-order valence-electron chi connectivity index (χ2n) is 4.28. The predicted molar refractivity (Wildman–Crippen MR) is 76.7 cm³/mol. The van der Waals surface area contributed by atoms with Crippen molar-refractivity contribution in [2.24, 2.45) is 0 Å². The SMILES string of the molecule is CCOc1ccc(C(C)NCCOCCOC)cc1. The molecule has 0 amide bonds. The summed E-state index contributed by atoms with van der Waals surface area (Å²) in [7, 11) is 1.68. The van der Waals surface area contributed by atoms with E-state index in [1.165, 1.54) is 5.56 Å². The summed E-state index contributed by atoms with van der Waals surface area (Å²) in [6, 6.07) is 8.50. The van der Waals surface area contributed by atoms with Gasteiger partial charge in [0, 0.05) is 19.7 Å². The molecule has 1 atom stereocenters. The van der Waals surface area contributed by atoms with Crippen LogP contribution in [0.1, 0.15) is 25.5 Å². The Hall–Kier alpha value is -1.10. The highest BCUT2D eigenvalue weighted by molar-refractivity contribution is 5.28. The summed E-state index contributed by atoms with van der Waals surface area (Å²) in [5.74, 6) is 0.918. The summed E-state index contributed by atoms with van der Waals surface area (Å²) >= 11 is 0. The molecule has 0 bridgehead atoms. The summed E-state index contributed by atoms with van der Waals surface area (Å²) in [4.78, 5) is 0. The van der Waals surface area contributed by atoms with Gasteiger partial charge in [0.25, 0.3) is 0 Å². The second-order valence-corrected chi connectivity index (χ2v) is 4.28. The van der Waals surface area contributed by atoms with Crippen molar-refractivity contribution >= 4 is 0 Å². The van der Waals surface area contributed by atoms with Crippen LogP contribution in [0.4, 0.5) is 0 Å². The zero-order chi connectivity index (χ0) is 13.9. The van der Waals surface area contributed by atoms with E-state index in [2.05, 4.69) is 24.4 Å². The van der Waals surface area contributed by atoms with Gasteiger partial charge in [0.1, 0.15) is 5.75 Å². The van der Waals surface area contributed by atoms with Crippen LogP contribution in [-0.2, 0) is 9.47 Å². The molecule has 0 fully saturated rings. The largest absolute Gasteiger partial charge is 0.494 e. The third kappa shape index (κ3) is 6.57. The quantitative estimate of drug-likeness (QED) is 0.661. The molecule has 1 rings (SSSR count). The average Bonchev–Trinajstić information content (AvgIpc) is 2.43. The first-order chi connectivity index (χ1) is 9.27. The molecule has 0 heterocycles. The van der Waals surface area contributed by atoms with Crippen LogP contribution in [0.3, 0.4) is 0 Å². The number of rotatable bonds is 10. The first-order valence-electron chi connectivity index (χ1n) is 6.80. The smallest absolute Gasteiger partial charge is 0.119 e. The Morgan fingerprint density at radius 3 is 2.47 bits per heavy atom. The summed E-state index contributed by atoms with van der Waals surface area (Å²) in [5, 5.41) is 3.42. The molecule has 4 heteroatoms. The number of hydrogen-bond acceptors (Lipinski definition) is 4. The Bertz CT molecular complexity index is 327. The van der Waals surface area contributed by atoms with Crippen LogP contribution in [0, 0.1) is 0 Å². The van der Waals surface area contributed by atoms with Crippen LogP contribution in [-0.4, -0.2) is 40.1 Å². The molecule has 0 aliphatic heterocycles. The van der Waals surface area contributed by atoms with E-state index >= 15 is 0 Å². The number of methoxy groups -OCH3 is 1. The van der Waals surface area contributed by atoms with Crippen LogP contribution in [0.5, 0.6) is 5.75 Å². The molecule has 0 spiro atoms. The molecule has 0 aromatic heterocycles. The van der Waals surface area contributed by atoms with Gasteiger partial charge in [-0.05, 0) is 31.5 Å². The molecule has 4 nitrogen and oxygen atoms in total. The van der Waals surface area contributed by atoms with Gasteiger partial charge in [-0.3, -0.25) is 0 Å². The molecule has 0 saturated heterocycles. The number of benzene rings is 1. The van der Waals surface area contributed by atoms with Gasteiger partial charge in [0.05, 0.1) is 26.4 Å². The molecule has 108 valence electrons. The Kier molecular flexibility index (Phi) is 8.21. The maximum Gasteiger partial charge on any atom is 0.119 e. The normalized spacial score (nSPS) is 12.4. The topological polar surface area (TPSA) is 39.7 Å². The monoisotopic (exact) mass is 267 g/mol. The van der Waals surface area contributed by atoms with Crippen LogP contribution in [0.25, 0.3) is 0 Å². The third-order valence-electron chi connectivity index (χ3n) is 2.82. The first-order valence-corrected chi connectivity index (χ1v) is 6.80. The Labute approximate surface area is 116 Å². The van der Waals surface area contributed by atoms with Crippen molar-refractivity contribution in [1.82, 2.24) is 5.32 Å². The molecule has 1 aromatic rings. The summed E-state index contributed by atoms with van der Waals surface area (Å²) in [5.41, 5.74) is 1.25. The van der Waals surface area contributed by atoms with Gasteiger partial charge < -0.3 is 19.5 Å². The highest BCUT2D eigenvalue weighted by atomic mass is 16.5. The lowest BCUT2D eigenvalue weighted by molar-refractivity contribution is 0.0712. The molecule has 1 aromatic carbocycles. The zero-order valence-corrected chi connectivity index (χ0v) is 12.1. The first kappa shape index (κ1) is 16.0.